The van der Waals surface area contributed by atoms with E-state index in [9.17, 15) is 4.79 Å². The van der Waals surface area contributed by atoms with Gasteiger partial charge in [0.1, 0.15) is 0 Å². The Hall–Kier alpha value is -0.110. The molecule has 0 aliphatic carbocycles. The van der Waals surface area contributed by atoms with Crippen molar-refractivity contribution in [3.63, 3.8) is 0 Å². The zero-order valence-corrected chi connectivity index (χ0v) is 9.82. The minimum absolute atomic E-state index is 0.0741. The molecule has 78 valence electrons. The Morgan fingerprint density at radius 2 is 2.00 bits per heavy atom. The molecule has 0 rings (SSSR count). The van der Waals surface area contributed by atoms with E-state index in [1.165, 1.54) is 25.7 Å². The van der Waals surface area contributed by atoms with Gasteiger partial charge in [0.15, 0.2) is 0 Å². The van der Waals surface area contributed by atoms with Gasteiger partial charge >= 0.3 is 0 Å². The Morgan fingerprint density at radius 3 is 2.38 bits per heavy atom. The van der Waals surface area contributed by atoms with Crippen LogP contribution in [0.1, 0.15) is 52.9 Å². The standard InChI is InChI=1S/C11H22OS/c1-4-6-7-10(5-2)8-9(3)11(12)13/h9-10H,4-8H2,1-3H3,(H,12,13)/p-1. The third-order valence-corrected chi connectivity index (χ3v) is 3.03. The van der Waals surface area contributed by atoms with E-state index in [2.05, 4.69) is 26.5 Å². The average molecular weight is 201 g/mol. The molecule has 0 amide bonds. The van der Waals surface area contributed by atoms with Gasteiger partial charge in [0, 0.05) is 5.12 Å². The van der Waals surface area contributed by atoms with Gasteiger partial charge < -0.3 is 17.4 Å². The predicted octanol–water partition coefficient (Wildman–Crippen LogP) is 3.30. The first-order valence-corrected chi connectivity index (χ1v) is 5.73. The van der Waals surface area contributed by atoms with Crippen LogP contribution in [0.25, 0.3) is 0 Å². The van der Waals surface area contributed by atoms with E-state index in [0.717, 1.165) is 6.42 Å². The predicted molar refractivity (Wildman–Crippen MR) is 59.5 cm³/mol. The molecule has 0 fully saturated rings. The molecule has 0 N–H and O–H groups in total. The molecule has 13 heavy (non-hydrogen) atoms. The van der Waals surface area contributed by atoms with Crippen LogP contribution >= 0.6 is 0 Å². The Labute approximate surface area is 87.7 Å². The Balaban J connectivity index is 3.75. The van der Waals surface area contributed by atoms with Crippen LogP contribution in [0.5, 0.6) is 0 Å². The largest absolute Gasteiger partial charge is 0.742 e. The van der Waals surface area contributed by atoms with Gasteiger partial charge in [-0.05, 0) is 18.3 Å². The fourth-order valence-electron chi connectivity index (χ4n) is 1.58. The van der Waals surface area contributed by atoms with Crippen LogP contribution in [0.2, 0.25) is 0 Å². The highest BCUT2D eigenvalue weighted by Crippen LogP contribution is 2.21. The van der Waals surface area contributed by atoms with Crippen molar-refractivity contribution in [3.05, 3.63) is 0 Å². The molecule has 0 heterocycles. The van der Waals surface area contributed by atoms with Crippen molar-refractivity contribution in [2.45, 2.75) is 52.9 Å². The maximum Gasteiger partial charge on any atom is 0.0148 e. The number of rotatable bonds is 7. The summed E-state index contributed by atoms with van der Waals surface area (Å²) in [4.78, 5) is 10.9. The fraction of sp³-hybridized carbons (Fsp3) is 0.909. The van der Waals surface area contributed by atoms with Crippen LogP contribution in [0.15, 0.2) is 0 Å². The number of hydrogen-bond acceptors (Lipinski definition) is 2. The second-order valence-corrected chi connectivity index (χ2v) is 4.27. The average Bonchev–Trinajstić information content (AvgIpc) is 2.11. The molecular weight excluding hydrogens is 180 g/mol. The molecule has 0 saturated heterocycles. The summed E-state index contributed by atoms with van der Waals surface area (Å²) < 4.78 is 0. The zero-order chi connectivity index (χ0) is 10.3. The minimum atomic E-state index is -0.0741. The van der Waals surface area contributed by atoms with E-state index >= 15 is 0 Å². The first-order chi connectivity index (χ1) is 6.11. The topological polar surface area (TPSA) is 17.1 Å². The van der Waals surface area contributed by atoms with Gasteiger partial charge in [-0.2, -0.15) is 0 Å². The van der Waals surface area contributed by atoms with Gasteiger partial charge in [-0.3, -0.25) is 0 Å². The minimum Gasteiger partial charge on any atom is -0.742 e. The summed E-state index contributed by atoms with van der Waals surface area (Å²) in [5.41, 5.74) is 0. The zero-order valence-electron chi connectivity index (χ0n) is 9.01. The van der Waals surface area contributed by atoms with Crippen molar-refractivity contribution in [1.29, 1.82) is 0 Å². The molecule has 2 heteroatoms. The van der Waals surface area contributed by atoms with Gasteiger partial charge in [-0.1, -0.05) is 46.5 Å². The van der Waals surface area contributed by atoms with E-state index in [1.54, 1.807) is 0 Å². The van der Waals surface area contributed by atoms with Crippen molar-refractivity contribution >= 4 is 17.7 Å². The molecular formula is C11H21OS-. The lowest BCUT2D eigenvalue weighted by atomic mass is 9.90. The third-order valence-electron chi connectivity index (χ3n) is 2.63. The van der Waals surface area contributed by atoms with E-state index in [-0.39, 0.29) is 11.0 Å². The summed E-state index contributed by atoms with van der Waals surface area (Å²) >= 11 is 4.64. The lowest BCUT2D eigenvalue weighted by molar-refractivity contribution is -0.114. The first-order valence-electron chi connectivity index (χ1n) is 5.32. The lowest BCUT2D eigenvalue weighted by Crippen LogP contribution is -2.12. The Kier molecular flexibility index (Phi) is 7.25. The van der Waals surface area contributed by atoms with Crippen molar-refractivity contribution < 1.29 is 4.79 Å². The van der Waals surface area contributed by atoms with E-state index in [4.69, 9.17) is 0 Å². The second-order valence-electron chi connectivity index (χ2n) is 3.87. The fourth-order valence-corrected chi connectivity index (χ4v) is 1.67. The van der Waals surface area contributed by atoms with Crippen LogP contribution in [0.3, 0.4) is 0 Å². The molecule has 2 unspecified atom stereocenters. The monoisotopic (exact) mass is 201 g/mol. The SMILES string of the molecule is CCCCC(CC)CC(C)C(=O)[S-]. The molecule has 0 bridgehead atoms. The molecule has 0 aromatic rings. The molecule has 2 atom stereocenters. The number of hydrogen-bond donors (Lipinski definition) is 0. The first kappa shape index (κ1) is 12.9. The highest BCUT2D eigenvalue weighted by molar-refractivity contribution is 7.77. The summed E-state index contributed by atoms with van der Waals surface area (Å²) in [5, 5.41) is -0.0741. The summed E-state index contributed by atoms with van der Waals surface area (Å²) in [6, 6.07) is 0. The Morgan fingerprint density at radius 1 is 1.38 bits per heavy atom. The maximum absolute atomic E-state index is 10.9. The van der Waals surface area contributed by atoms with Crippen LogP contribution < -0.4 is 0 Å². The molecule has 0 spiro atoms. The molecule has 0 radical (unpaired) electrons. The molecule has 0 aliphatic rings. The van der Waals surface area contributed by atoms with Gasteiger partial charge in [-0.15, -0.1) is 0 Å². The number of unbranched alkanes of at least 4 members (excludes halogenated alkanes) is 1. The Bertz CT molecular complexity index is 145. The quantitative estimate of drug-likeness (QED) is 0.588. The molecule has 1 nitrogen and oxygen atoms in total. The van der Waals surface area contributed by atoms with Crippen molar-refractivity contribution in [2.75, 3.05) is 0 Å². The summed E-state index contributed by atoms with van der Waals surface area (Å²) in [6.07, 6.45) is 5.93. The van der Waals surface area contributed by atoms with Crippen LogP contribution in [0, 0.1) is 11.8 Å². The number of carbonyl (C=O) groups excluding carboxylic acids is 1. The third kappa shape index (κ3) is 6.03. The maximum atomic E-state index is 10.9. The van der Waals surface area contributed by atoms with E-state index in [0.29, 0.717) is 5.92 Å². The van der Waals surface area contributed by atoms with Crippen molar-refractivity contribution in [1.82, 2.24) is 0 Å². The van der Waals surface area contributed by atoms with Crippen LogP contribution in [0.4, 0.5) is 0 Å². The van der Waals surface area contributed by atoms with E-state index in [1.807, 2.05) is 6.92 Å². The van der Waals surface area contributed by atoms with E-state index < -0.39 is 0 Å². The normalized spacial score (nSPS) is 15.3. The molecule has 0 aromatic carbocycles. The van der Waals surface area contributed by atoms with Gasteiger partial charge in [0.25, 0.3) is 0 Å². The second kappa shape index (κ2) is 7.31. The lowest BCUT2D eigenvalue weighted by Gasteiger charge is -2.20. The highest BCUT2D eigenvalue weighted by Gasteiger charge is 2.11. The van der Waals surface area contributed by atoms with Gasteiger partial charge in [-0.25, -0.2) is 0 Å². The van der Waals surface area contributed by atoms with Gasteiger partial charge in [0.2, 0.25) is 0 Å². The highest BCUT2D eigenvalue weighted by atomic mass is 32.1. The van der Waals surface area contributed by atoms with Crippen molar-refractivity contribution in [3.8, 4) is 0 Å². The summed E-state index contributed by atoms with van der Waals surface area (Å²) in [6.45, 7) is 6.35. The van der Waals surface area contributed by atoms with Crippen LogP contribution in [-0.4, -0.2) is 5.12 Å². The van der Waals surface area contributed by atoms with Crippen molar-refractivity contribution in [2.24, 2.45) is 11.8 Å². The molecule has 0 saturated carbocycles. The summed E-state index contributed by atoms with van der Waals surface area (Å²) in [7, 11) is 0. The molecule has 0 aliphatic heterocycles. The molecule has 0 aromatic heterocycles. The summed E-state index contributed by atoms with van der Waals surface area (Å²) in [5.74, 6) is 0.777. The smallest absolute Gasteiger partial charge is 0.0148 e. The van der Waals surface area contributed by atoms with Gasteiger partial charge in [0.05, 0.1) is 0 Å². The van der Waals surface area contributed by atoms with Crippen LogP contribution in [-0.2, 0) is 17.4 Å². The number of carbonyl (C=O) groups is 1.